The van der Waals surface area contributed by atoms with Crippen LogP contribution in [-0.4, -0.2) is 29.9 Å². The number of hydrogen-bond donors (Lipinski definition) is 3. The SMILES string of the molecule is O=c1[nH]c(/C=C/c2ccc(-c3ccccc3)s2)nc2ccccc12.O=c1[nH]c(C=Cc2ccc(-c3ccccc3)s2)nc2ccccc12.O=c1[nH]c(CCc2ccc(-c3ccccc3)s2)nc2ccccc12. The molecule has 3 N–H and O–H groups in total. The fraction of sp³-hybridized carbons (Fsp3) is 0.0333. The molecule has 12 rings (SSSR count). The normalized spacial score (nSPS) is 11.2. The molecular weight excluding hydrogens is 949 g/mol. The number of aromatic amines is 3. The standard InChI is InChI=1S/C20H16N2OS.2C20H14N2OS/c3*23-20-16-8-4-5-9-17(16)21-19(22-20)13-11-15-10-12-18(24-15)14-6-2-1-3-7-14/h1-10,12H,11,13H2,(H,21,22,23);2*1-13H,(H,21,22,23)/b;13-11+;. The van der Waals surface area contributed by atoms with Gasteiger partial charge in [-0.2, -0.15) is 0 Å². The smallest absolute Gasteiger partial charge is 0.259 e. The van der Waals surface area contributed by atoms with Gasteiger partial charge in [-0.25, -0.2) is 15.0 Å². The van der Waals surface area contributed by atoms with Gasteiger partial charge in [0.15, 0.2) is 0 Å². The van der Waals surface area contributed by atoms with E-state index in [2.05, 4.69) is 115 Å². The van der Waals surface area contributed by atoms with Crippen LogP contribution >= 0.6 is 34.0 Å². The van der Waals surface area contributed by atoms with Crippen molar-refractivity contribution in [3.05, 3.63) is 263 Å². The number of aromatic nitrogens is 6. The van der Waals surface area contributed by atoms with Gasteiger partial charge in [-0.15, -0.1) is 34.0 Å². The van der Waals surface area contributed by atoms with Crippen molar-refractivity contribution in [3.63, 3.8) is 0 Å². The topological polar surface area (TPSA) is 137 Å². The van der Waals surface area contributed by atoms with Crippen molar-refractivity contribution >= 4 is 91.0 Å². The molecule has 6 heterocycles. The molecule has 0 bridgehead atoms. The Morgan fingerprint density at radius 2 is 0.722 bits per heavy atom. The van der Waals surface area contributed by atoms with Crippen LogP contribution in [0.15, 0.2) is 215 Å². The van der Waals surface area contributed by atoms with E-state index in [9.17, 15) is 14.4 Å². The first-order valence-electron chi connectivity index (χ1n) is 23.2. The number of hydrogen-bond acceptors (Lipinski definition) is 9. The van der Waals surface area contributed by atoms with Crippen molar-refractivity contribution < 1.29 is 0 Å². The maximum atomic E-state index is 12.1. The third-order valence-electron chi connectivity index (χ3n) is 11.4. The Morgan fingerprint density at radius 1 is 0.347 bits per heavy atom. The van der Waals surface area contributed by atoms with Crippen molar-refractivity contribution in [2.75, 3.05) is 0 Å². The molecule has 0 fully saturated rings. The number of fused-ring (bicyclic) bond motifs is 3. The lowest BCUT2D eigenvalue weighted by Crippen LogP contribution is -2.12. The molecule has 12 heteroatoms. The van der Waals surface area contributed by atoms with Crippen LogP contribution in [0.4, 0.5) is 0 Å². The monoisotopic (exact) mass is 992 g/mol. The Bertz CT molecular complexity index is 3840. The number of nitrogens with one attached hydrogen (secondary N) is 3. The van der Waals surface area contributed by atoms with Crippen LogP contribution in [0.3, 0.4) is 0 Å². The molecule has 72 heavy (non-hydrogen) atoms. The van der Waals surface area contributed by atoms with Crippen LogP contribution in [0.2, 0.25) is 0 Å². The van der Waals surface area contributed by atoms with Gasteiger partial charge in [0, 0.05) is 35.7 Å². The quantitative estimate of drug-likeness (QED) is 0.125. The van der Waals surface area contributed by atoms with E-state index < -0.39 is 0 Å². The minimum absolute atomic E-state index is 0.0632. The Hall–Kier alpha value is -8.68. The molecule has 0 unspecified atom stereocenters. The zero-order chi connectivity index (χ0) is 49.1. The van der Waals surface area contributed by atoms with E-state index >= 15 is 0 Å². The fourth-order valence-corrected chi connectivity index (χ4v) is 10.7. The van der Waals surface area contributed by atoms with Crippen molar-refractivity contribution in [1.29, 1.82) is 0 Å². The van der Waals surface area contributed by atoms with E-state index in [-0.39, 0.29) is 16.7 Å². The number of rotatable bonds is 10. The Morgan fingerprint density at radius 3 is 1.18 bits per heavy atom. The summed E-state index contributed by atoms with van der Waals surface area (Å²) in [6.45, 7) is 0. The lowest BCUT2D eigenvalue weighted by molar-refractivity contribution is 0.871. The lowest BCUT2D eigenvalue weighted by Gasteiger charge is -2.02. The van der Waals surface area contributed by atoms with Crippen LogP contribution in [0.5, 0.6) is 0 Å². The fourth-order valence-electron chi connectivity index (χ4n) is 7.85. The van der Waals surface area contributed by atoms with Gasteiger partial charge in [-0.3, -0.25) is 14.4 Å². The van der Waals surface area contributed by atoms with Gasteiger partial charge in [-0.1, -0.05) is 127 Å². The van der Waals surface area contributed by atoms with E-state index in [4.69, 9.17) is 0 Å². The van der Waals surface area contributed by atoms with E-state index in [0.717, 1.165) is 33.9 Å². The summed E-state index contributed by atoms with van der Waals surface area (Å²) >= 11 is 5.21. The minimum atomic E-state index is -0.114. The van der Waals surface area contributed by atoms with Crippen LogP contribution in [-0.2, 0) is 12.8 Å². The Kier molecular flexibility index (Phi) is 14.6. The lowest BCUT2D eigenvalue weighted by atomic mass is 10.2. The molecule has 0 aliphatic carbocycles. The molecule has 0 amide bonds. The second-order valence-corrected chi connectivity index (χ2v) is 19.8. The zero-order valence-corrected chi connectivity index (χ0v) is 41.0. The van der Waals surface area contributed by atoms with Gasteiger partial charge < -0.3 is 15.0 Å². The maximum Gasteiger partial charge on any atom is 0.259 e. The highest BCUT2D eigenvalue weighted by Crippen LogP contribution is 2.31. The molecule has 9 nitrogen and oxygen atoms in total. The van der Waals surface area contributed by atoms with Crippen LogP contribution in [0, 0.1) is 0 Å². The number of nitrogens with zero attached hydrogens (tertiary/aromatic N) is 3. The third kappa shape index (κ3) is 11.7. The molecule has 12 aromatic rings. The molecule has 0 aliphatic heterocycles. The van der Waals surface area contributed by atoms with E-state index in [1.165, 1.54) is 36.2 Å². The van der Waals surface area contributed by atoms with Crippen LogP contribution < -0.4 is 16.7 Å². The molecule has 0 saturated heterocycles. The number of thiophene rings is 3. The Balaban J connectivity index is 0.000000124. The first kappa shape index (κ1) is 47.0. The summed E-state index contributed by atoms with van der Waals surface area (Å²) < 4.78 is 0. The average Bonchev–Trinajstić information content (AvgIpc) is 4.23. The highest BCUT2D eigenvalue weighted by molar-refractivity contribution is 7.16. The van der Waals surface area contributed by atoms with E-state index in [1.807, 2.05) is 121 Å². The summed E-state index contributed by atoms with van der Waals surface area (Å²) in [5, 5.41) is 1.86. The van der Waals surface area contributed by atoms with Gasteiger partial charge in [0.25, 0.3) is 16.7 Å². The number of benzene rings is 6. The van der Waals surface area contributed by atoms with Gasteiger partial charge in [0.05, 0.1) is 32.7 Å². The summed E-state index contributed by atoms with van der Waals surface area (Å²) in [5.41, 5.74) is 5.53. The molecule has 0 spiro atoms. The van der Waals surface area contributed by atoms with Gasteiger partial charge in [0.2, 0.25) is 0 Å². The molecule has 0 radical (unpaired) electrons. The minimum Gasteiger partial charge on any atom is -0.310 e. The molecule has 6 aromatic carbocycles. The number of para-hydroxylation sites is 3. The van der Waals surface area contributed by atoms with Gasteiger partial charge in [0.1, 0.15) is 17.5 Å². The van der Waals surface area contributed by atoms with Crippen LogP contribution in [0.1, 0.15) is 32.1 Å². The molecular formula is C60H44N6O3S3. The van der Waals surface area contributed by atoms with Crippen molar-refractivity contribution in [2.24, 2.45) is 0 Å². The molecule has 350 valence electrons. The van der Waals surface area contributed by atoms with Gasteiger partial charge >= 0.3 is 0 Å². The number of H-pyrrole nitrogens is 3. The third-order valence-corrected chi connectivity index (χ3v) is 14.8. The second-order valence-electron chi connectivity index (χ2n) is 16.4. The predicted octanol–water partition coefficient (Wildman–Crippen LogP) is 14.1. The largest absolute Gasteiger partial charge is 0.310 e. The van der Waals surface area contributed by atoms with E-state index in [0.29, 0.717) is 38.8 Å². The summed E-state index contributed by atoms with van der Waals surface area (Å²) in [4.78, 5) is 65.5. The average molecular weight is 993 g/mol. The summed E-state index contributed by atoms with van der Waals surface area (Å²) in [5.74, 6) is 1.87. The first-order valence-corrected chi connectivity index (χ1v) is 25.6. The summed E-state index contributed by atoms with van der Waals surface area (Å²) in [7, 11) is 0. The van der Waals surface area contributed by atoms with Crippen molar-refractivity contribution in [3.8, 4) is 31.3 Å². The molecule has 0 saturated carbocycles. The summed E-state index contributed by atoms with van der Waals surface area (Å²) in [6.07, 6.45) is 9.24. The molecule has 0 atom stereocenters. The van der Waals surface area contributed by atoms with E-state index in [1.54, 1.807) is 52.2 Å². The maximum absolute atomic E-state index is 12.1. The number of aryl methyl sites for hydroxylation is 2. The van der Waals surface area contributed by atoms with Crippen LogP contribution in [0.25, 0.3) is 88.3 Å². The zero-order valence-electron chi connectivity index (χ0n) is 38.6. The molecule has 0 aliphatic rings. The Labute approximate surface area is 425 Å². The van der Waals surface area contributed by atoms with Gasteiger partial charge in [-0.05, 0) is 120 Å². The highest BCUT2D eigenvalue weighted by atomic mass is 32.1. The highest BCUT2D eigenvalue weighted by Gasteiger charge is 2.08. The molecule has 6 aromatic heterocycles. The second kappa shape index (κ2) is 22.4. The first-order chi connectivity index (χ1) is 35.4. The van der Waals surface area contributed by atoms with Crippen molar-refractivity contribution in [2.45, 2.75) is 12.8 Å². The van der Waals surface area contributed by atoms with Crippen molar-refractivity contribution in [1.82, 2.24) is 29.9 Å². The predicted molar refractivity (Wildman–Crippen MR) is 302 cm³/mol. The summed E-state index contributed by atoms with van der Waals surface area (Å²) in [6, 6.07) is 65.8.